The van der Waals surface area contributed by atoms with Gasteiger partial charge in [-0.3, -0.25) is 0 Å². The largest absolute Gasteiger partial charge is 0.310 e. The molecule has 0 N–H and O–H groups in total. The molecule has 4 fully saturated rings. The highest BCUT2D eigenvalue weighted by Gasteiger charge is 2.61. The summed E-state index contributed by atoms with van der Waals surface area (Å²) < 4.78 is 0. The first-order chi connectivity index (χ1) is 34.0. The maximum Gasteiger partial charge on any atom is 0.0714 e. The van der Waals surface area contributed by atoms with E-state index in [1.807, 2.05) is 0 Å². The quantitative estimate of drug-likeness (QED) is 0.161. The molecular formula is C68H55N. The van der Waals surface area contributed by atoms with Gasteiger partial charge in [0, 0.05) is 27.8 Å². The first-order valence-electron chi connectivity index (χ1n) is 25.7. The van der Waals surface area contributed by atoms with E-state index in [0.29, 0.717) is 11.8 Å². The third-order valence-electron chi connectivity index (χ3n) is 18.5. The summed E-state index contributed by atoms with van der Waals surface area (Å²) in [7, 11) is 0. The highest BCUT2D eigenvalue weighted by Crippen LogP contribution is 2.70. The van der Waals surface area contributed by atoms with Crippen molar-refractivity contribution in [2.24, 2.45) is 23.7 Å². The highest BCUT2D eigenvalue weighted by molar-refractivity contribution is 5.99. The Morgan fingerprint density at radius 2 is 0.899 bits per heavy atom. The molecule has 9 aromatic carbocycles. The topological polar surface area (TPSA) is 3.24 Å². The summed E-state index contributed by atoms with van der Waals surface area (Å²) in [6.45, 7) is 4.83. The fourth-order valence-electron chi connectivity index (χ4n) is 16.3. The Balaban J connectivity index is 0.999. The van der Waals surface area contributed by atoms with Crippen LogP contribution in [0.25, 0.3) is 44.5 Å². The second kappa shape index (κ2) is 14.4. The Kier molecular flexibility index (Phi) is 8.30. The lowest BCUT2D eigenvalue weighted by Crippen LogP contribution is -2.55. The summed E-state index contributed by atoms with van der Waals surface area (Å²) in [5.74, 6) is 3.13. The summed E-state index contributed by atoms with van der Waals surface area (Å²) in [4.78, 5) is 2.65. The number of rotatable bonds is 6. The van der Waals surface area contributed by atoms with E-state index >= 15 is 0 Å². The van der Waals surface area contributed by atoms with Crippen LogP contribution in [0.4, 0.5) is 17.1 Å². The van der Waals surface area contributed by atoms with E-state index in [-0.39, 0.29) is 10.8 Å². The Labute approximate surface area is 407 Å². The van der Waals surface area contributed by atoms with Gasteiger partial charge in [0.25, 0.3) is 0 Å². The summed E-state index contributed by atoms with van der Waals surface area (Å²) >= 11 is 0. The third kappa shape index (κ3) is 5.21. The van der Waals surface area contributed by atoms with Crippen LogP contribution in [0, 0.1) is 23.7 Å². The molecule has 0 radical (unpaired) electrons. The van der Waals surface area contributed by atoms with Crippen molar-refractivity contribution in [2.45, 2.75) is 62.2 Å². The highest BCUT2D eigenvalue weighted by atomic mass is 15.1. The molecule has 0 saturated heterocycles. The molecule has 4 saturated carbocycles. The van der Waals surface area contributed by atoms with Crippen LogP contribution in [0.3, 0.4) is 0 Å². The number of hydrogen-bond acceptors (Lipinski definition) is 1. The first kappa shape index (κ1) is 39.7. The molecule has 1 spiro atoms. The van der Waals surface area contributed by atoms with Gasteiger partial charge in [0.05, 0.1) is 11.1 Å². The van der Waals surface area contributed by atoms with Gasteiger partial charge in [0.1, 0.15) is 0 Å². The van der Waals surface area contributed by atoms with E-state index in [1.165, 1.54) is 127 Å². The van der Waals surface area contributed by atoms with E-state index in [1.54, 1.807) is 11.1 Å². The summed E-state index contributed by atoms with van der Waals surface area (Å²) in [5, 5.41) is 0. The number of nitrogens with zero attached hydrogens (tertiary/aromatic N) is 1. The molecule has 0 amide bonds. The van der Waals surface area contributed by atoms with Gasteiger partial charge >= 0.3 is 0 Å². The van der Waals surface area contributed by atoms with Crippen molar-refractivity contribution in [3.05, 3.63) is 257 Å². The van der Waals surface area contributed by atoms with Crippen molar-refractivity contribution in [3.63, 3.8) is 0 Å². The lowest BCUT2D eigenvalue weighted by atomic mass is 9.43. The molecule has 0 aromatic heterocycles. The van der Waals surface area contributed by atoms with Gasteiger partial charge < -0.3 is 4.90 Å². The molecule has 69 heavy (non-hydrogen) atoms. The minimum Gasteiger partial charge on any atom is -0.310 e. The zero-order chi connectivity index (χ0) is 45.6. The fraction of sp³-hybridized carbons (Fsp3) is 0.206. The van der Waals surface area contributed by atoms with Gasteiger partial charge in [-0.2, -0.15) is 0 Å². The molecule has 332 valence electrons. The van der Waals surface area contributed by atoms with E-state index in [9.17, 15) is 0 Å². The van der Waals surface area contributed by atoms with E-state index in [0.717, 1.165) is 11.8 Å². The summed E-state index contributed by atoms with van der Waals surface area (Å²) in [6, 6.07) is 81.7. The molecule has 16 rings (SSSR count). The molecule has 9 aromatic rings. The molecule has 0 heterocycles. The Bertz CT molecular complexity index is 3490. The molecular weight excluding hydrogens is 831 g/mol. The van der Waals surface area contributed by atoms with Gasteiger partial charge in [-0.15, -0.1) is 0 Å². The van der Waals surface area contributed by atoms with Crippen LogP contribution in [0.2, 0.25) is 0 Å². The monoisotopic (exact) mass is 885 g/mol. The molecule has 7 aliphatic carbocycles. The standard InChI is InChI=1S/C68H55N/c1-66(2)58-29-12-9-25-54(58)56-28-16-27-52(65(56)66)45-18-15-23-50(41-45)69(51-34-35-55-53-24-10-13-30-59(53)68(62(55)42-51)48-37-43-36-44(39-48)40-49(68)38-43)63-33-17-32-61-64(63)57-26-11-14-31-60(57)67(61,46-19-5-3-6-20-46)47-21-7-4-8-22-47/h3-35,41-44,48-49H,36-40H2,1-2H3. The minimum absolute atomic E-state index is 0.0507. The Hall–Kier alpha value is -7.22. The van der Waals surface area contributed by atoms with Crippen LogP contribution >= 0.6 is 0 Å². The maximum atomic E-state index is 2.69. The van der Waals surface area contributed by atoms with E-state index in [4.69, 9.17) is 0 Å². The van der Waals surface area contributed by atoms with Gasteiger partial charge in [-0.25, -0.2) is 0 Å². The summed E-state index contributed by atoms with van der Waals surface area (Å²) in [6.07, 6.45) is 6.90. The van der Waals surface area contributed by atoms with Crippen molar-refractivity contribution in [1.29, 1.82) is 0 Å². The second-order valence-corrected chi connectivity index (χ2v) is 22.0. The van der Waals surface area contributed by atoms with Crippen molar-refractivity contribution in [2.75, 3.05) is 4.90 Å². The van der Waals surface area contributed by atoms with Crippen LogP contribution in [0.1, 0.15) is 90.5 Å². The van der Waals surface area contributed by atoms with Crippen LogP contribution in [0.15, 0.2) is 212 Å². The lowest BCUT2D eigenvalue weighted by Gasteiger charge is -2.61. The normalized spacial score (nSPS) is 22.9. The molecule has 1 heteroatoms. The molecule has 1 nitrogen and oxygen atoms in total. The van der Waals surface area contributed by atoms with Gasteiger partial charge in [0.2, 0.25) is 0 Å². The van der Waals surface area contributed by atoms with Crippen molar-refractivity contribution in [1.82, 2.24) is 0 Å². The second-order valence-electron chi connectivity index (χ2n) is 22.0. The number of hydrogen-bond donors (Lipinski definition) is 0. The first-order valence-corrected chi connectivity index (χ1v) is 25.7. The van der Waals surface area contributed by atoms with Gasteiger partial charge in [0.15, 0.2) is 0 Å². The third-order valence-corrected chi connectivity index (χ3v) is 18.5. The molecule has 4 bridgehead atoms. The van der Waals surface area contributed by atoms with Crippen LogP contribution < -0.4 is 4.90 Å². The van der Waals surface area contributed by atoms with Crippen molar-refractivity contribution >= 4 is 17.1 Å². The average Bonchev–Trinajstić information content (AvgIpc) is 3.96. The number of anilines is 3. The maximum absolute atomic E-state index is 2.69. The Morgan fingerprint density at radius 1 is 0.377 bits per heavy atom. The van der Waals surface area contributed by atoms with Crippen molar-refractivity contribution < 1.29 is 0 Å². The van der Waals surface area contributed by atoms with Crippen LogP contribution in [-0.2, 0) is 16.2 Å². The zero-order valence-corrected chi connectivity index (χ0v) is 39.5. The molecule has 0 aliphatic heterocycles. The Morgan fingerprint density at radius 3 is 1.61 bits per heavy atom. The van der Waals surface area contributed by atoms with Gasteiger partial charge in [-0.05, 0) is 170 Å². The molecule has 0 atom stereocenters. The predicted molar refractivity (Wildman–Crippen MR) is 285 cm³/mol. The minimum atomic E-state index is -0.507. The number of benzene rings is 9. The van der Waals surface area contributed by atoms with E-state index in [2.05, 4.69) is 231 Å². The fourth-order valence-corrected chi connectivity index (χ4v) is 16.3. The smallest absolute Gasteiger partial charge is 0.0714 e. The van der Waals surface area contributed by atoms with Crippen LogP contribution in [0.5, 0.6) is 0 Å². The SMILES string of the molecule is CC1(C)c2ccccc2-c2cccc(-c3cccc(N(c4ccc5c(c4)C4(c6ccccc6-5)C5CC6CC(C5)CC4C6)c4cccc5c4-c4ccccc4C5(c4ccccc4)c4ccccc4)c3)c21. The number of fused-ring (bicyclic) bond motifs is 9. The van der Waals surface area contributed by atoms with Crippen LogP contribution in [-0.4, -0.2) is 0 Å². The predicted octanol–water partition coefficient (Wildman–Crippen LogP) is 17.2. The van der Waals surface area contributed by atoms with E-state index < -0.39 is 5.41 Å². The van der Waals surface area contributed by atoms with Crippen molar-refractivity contribution in [3.8, 4) is 44.5 Å². The van der Waals surface area contributed by atoms with Gasteiger partial charge in [-0.1, -0.05) is 196 Å². The molecule has 0 unspecified atom stereocenters. The lowest BCUT2D eigenvalue weighted by molar-refractivity contribution is -0.0399. The average molecular weight is 886 g/mol. The summed E-state index contributed by atoms with van der Waals surface area (Å²) in [5.41, 5.74) is 25.0. The zero-order valence-electron chi connectivity index (χ0n) is 39.5. The molecule has 7 aliphatic rings.